The standard InChI is InChI=1S/C20H20N2OS2/c1-4-11-22-17-10-9-14(5-2)12-18(17)25-20(22)21-19(23)15-7-6-8-16(13-15)24-3/h4,6-10,12-13H,1,5,11H2,2-3H3. The van der Waals surface area contributed by atoms with E-state index in [1.807, 2.05) is 41.2 Å². The van der Waals surface area contributed by atoms with E-state index in [1.54, 1.807) is 23.1 Å². The van der Waals surface area contributed by atoms with Crippen molar-refractivity contribution >= 4 is 39.2 Å². The monoisotopic (exact) mass is 368 g/mol. The number of hydrogen-bond donors (Lipinski definition) is 0. The highest BCUT2D eigenvalue weighted by Gasteiger charge is 2.09. The molecule has 0 aliphatic heterocycles. The van der Waals surface area contributed by atoms with Crippen LogP contribution < -0.4 is 4.80 Å². The third kappa shape index (κ3) is 3.78. The Bertz CT molecular complexity index is 998. The maximum absolute atomic E-state index is 12.6. The van der Waals surface area contributed by atoms with E-state index in [4.69, 9.17) is 0 Å². The summed E-state index contributed by atoms with van der Waals surface area (Å²) in [4.78, 5) is 18.8. The molecule has 128 valence electrons. The minimum Gasteiger partial charge on any atom is -0.312 e. The van der Waals surface area contributed by atoms with E-state index in [9.17, 15) is 4.79 Å². The molecule has 0 N–H and O–H groups in total. The van der Waals surface area contributed by atoms with Gasteiger partial charge in [-0.25, -0.2) is 0 Å². The molecule has 0 saturated carbocycles. The Kier molecular flexibility index (Phi) is 5.56. The first-order valence-electron chi connectivity index (χ1n) is 8.12. The van der Waals surface area contributed by atoms with Crippen molar-refractivity contribution < 1.29 is 4.79 Å². The third-order valence-electron chi connectivity index (χ3n) is 3.98. The minimum atomic E-state index is -0.212. The van der Waals surface area contributed by atoms with Gasteiger partial charge in [0.2, 0.25) is 0 Å². The predicted octanol–water partition coefficient (Wildman–Crippen LogP) is 4.91. The number of hydrogen-bond acceptors (Lipinski definition) is 3. The number of aromatic nitrogens is 1. The Balaban J connectivity index is 2.12. The number of thiazole rings is 1. The van der Waals surface area contributed by atoms with Crippen LogP contribution in [0.1, 0.15) is 22.8 Å². The maximum Gasteiger partial charge on any atom is 0.279 e. The first kappa shape index (κ1) is 17.7. The second kappa shape index (κ2) is 7.85. The molecule has 0 fully saturated rings. The van der Waals surface area contributed by atoms with Crippen LogP contribution in [0.5, 0.6) is 0 Å². The maximum atomic E-state index is 12.6. The molecule has 0 radical (unpaired) electrons. The molecule has 5 heteroatoms. The van der Waals surface area contributed by atoms with Crippen LogP contribution in [-0.2, 0) is 13.0 Å². The van der Waals surface area contributed by atoms with Crippen LogP contribution >= 0.6 is 23.1 Å². The second-order valence-electron chi connectivity index (χ2n) is 5.59. The van der Waals surface area contributed by atoms with Crippen LogP contribution in [0.2, 0.25) is 0 Å². The van der Waals surface area contributed by atoms with Crippen LogP contribution in [0.25, 0.3) is 10.2 Å². The third-order valence-corrected chi connectivity index (χ3v) is 5.75. The van der Waals surface area contributed by atoms with E-state index < -0.39 is 0 Å². The van der Waals surface area contributed by atoms with E-state index in [0.717, 1.165) is 21.5 Å². The lowest BCUT2D eigenvalue weighted by atomic mass is 10.2. The number of allylic oxidation sites excluding steroid dienone is 1. The normalized spacial score (nSPS) is 11.8. The number of rotatable bonds is 5. The average molecular weight is 369 g/mol. The molecule has 0 saturated heterocycles. The molecule has 25 heavy (non-hydrogen) atoms. The van der Waals surface area contributed by atoms with Crippen molar-refractivity contribution in [2.24, 2.45) is 4.99 Å². The van der Waals surface area contributed by atoms with E-state index in [1.165, 1.54) is 5.56 Å². The number of aryl methyl sites for hydroxylation is 1. The molecular weight excluding hydrogens is 348 g/mol. The number of carbonyl (C=O) groups excluding carboxylic acids is 1. The largest absolute Gasteiger partial charge is 0.312 e. The van der Waals surface area contributed by atoms with Gasteiger partial charge in [-0.05, 0) is 48.6 Å². The summed E-state index contributed by atoms with van der Waals surface area (Å²) in [5, 5.41) is 0. The van der Waals surface area contributed by atoms with Crippen LogP contribution in [0.15, 0.2) is 65.0 Å². The zero-order valence-corrected chi connectivity index (χ0v) is 16.0. The molecule has 3 rings (SSSR count). The molecular formula is C20H20N2OS2. The van der Waals surface area contributed by atoms with Gasteiger partial charge in [-0.15, -0.1) is 18.3 Å². The van der Waals surface area contributed by atoms with Crippen molar-refractivity contribution in [1.29, 1.82) is 0 Å². The topological polar surface area (TPSA) is 34.4 Å². The fraction of sp³-hybridized carbons (Fsp3) is 0.200. The first-order valence-corrected chi connectivity index (χ1v) is 10.2. The molecule has 0 spiro atoms. The Morgan fingerprint density at radius 3 is 2.88 bits per heavy atom. The predicted molar refractivity (Wildman–Crippen MR) is 108 cm³/mol. The summed E-state index contributed by atoms with van der Waals surface area (Å²) in [6.45, 7) is 6.60. The first-order chi connectivity index (χ1) is 12.2. The number of amides is 1. The van der Waals surface area contributed by atoms with Gasteiger partial charge in [-0.2, -0.15) is 4.99 Å². The minimum absolute atomic E-state index is 0.212. The van der Waals surface area contributed by atoms with E-state index in [2.05, 4.69) is 36.7 Å². The fourth-order valence-electron chi connectivity index (χ4n) is 2.64. The molecule has 3 aromatic rings. The molecule has 3 nitrogen and oxygen atoms in total. The van der Waals surface area contributed by atoms with Gasteiger partial charge in [-0.1, -0.05) is 36.5 Å². The number of thioether (sulfide) groups is 1. The number of nitrogens with zero attached hydrogens (tertiary/aromatic N) is 2. The van der Waals surface area contributed by atoms with Crippen molar-refractivity contribution in [3.8, 4) is 0 Å². The molecule has 0 atom stereocenters. The van der Waals surface area contributed by atoms with Crippen molar-refractivity contribution in [3.05, 3.63) is 71.0 Å². The number of fused-ring (bicyclic) bond motifs is 1. The average Bonchev–Trinajstić information content (AvgIpc) is 2.98. The summed E-state index contributed by atoms with van der Waals surface area (Å²) in [7, 11) is 0. The Morgan fingerprint density at radius 2 is 2.16 bits per heavy atom. The molecule has 0 aliphatic carbocycles. The lowest BCUT2D eigenvalue weighted by Gasteiger charge is -2.02. The van der Waals surface area contributed by atoms with E-state index in [-0.39, 0.29) is 5.91 Å². The molecule has 1 heterocycles. The Hall–Kier alpha value is -2.11. The van der Waals surface area contributed by atoms with Crippen LogP contribution in [-0.4, -0.2) is 16.7 Å². The van der Waals surface area contributed by atoms with Crippen molar-refractivity contribution in [3.63, 3.8) is 0 Å². The summed E-state index contributed by atoms with van der Waals surface area (Å²) in [6, 6.07) is 14.0. The summed E-state index contributed by atoms with van der Waals surface area (Å²) < 4.78 is 3.19. The highest BCUT2D eigenvalue weighted by molar-refractivity contribution is 7.98. The lowest BCUT2D eigenvalue weighted by molar-refractivity contribution is 0.0997. The number of carbonyl (C=O) groups is 1. The van der Waals surface area contributed by atoms with Crippen LogP contribution in [0.3, 0.4) is 0 Å². The van der Waals surface area contributed by atoms with Gasteiger partial charge in [0.25, 0.3) is 5.91 Å². The molecule has 1 amide bonds. The Labute approximate surface area is 155 Å². The molecule has 0 unspecified atom stereocenters. The van der Waals surface area contributed by atoms with Gasteiger partial charge in [0.15, 0.2) is 4.80 Å². The van der Waals surface area contributed by atoms with Gasteiger partial charge in [0.05, 0.1) is 10.2 Å². The van der Waals surface area contributed by atoms with Crippen molar-refractivity contribution in [1.82, 2.24) is 4.57 Å². The molecule has 0 bridgehead atoms. The Morgan fingerprint density at radius 1 is 1.32 bits per heavy atom. The van der Waals surface area contributed by atoms with E-state index >= 15 is 0 Å². The summed E-state index contributed by atoms with van der Waals surface area (Å²) in [5.74, 6) is -0.212. The van der Waals surface area contributed by atoms with Crippen LogP contribution in [0.4, 0.5) is 0 Å². The molecule has 1 aromatic heterocycles. The van der Waals surface area contributed by atoms with Crippen molar-refractivity contribution in [2.45, 2.75) is 24.8 Å². The van der Waals surface area contributed by atoms with Gasteiger partial charge in [-0.3, -0.25) is 4.79 Å². The highest BCUT2D eigenvalue weighted by Crippen LogP contribution is 2.20. The van der Waals surface area contributed by atoms with Crippen molar-refractivity contribution in [2.75, 3.05) is 6.26 Å². The zero-order chi connectivity index (χ0) is 17.8. The highest BCUT2D eigenvalue weighted by atomic mass is 32.2. The fourth-order valence-corrected chi connectivity index (χ4v) is 4.20. The molecule has 2 aromatic carbocycles. The summed E-state index contributed by atoms with van der Waals surface area (Å²) >= 11 is 3.16. The SMILES string of the molecule is C=CCn1c(=NC(=O)c2cccc(SC)c2)sc2cc(CC)ccc21. The zero-order valence-electron chi connectivity index (χ0n) is 14.4. The van der Waals surface area contributed by atoms with Gasteiger partial charge in [0.1, 0.15) is 0 Å². The lowest BCUT2D eigenvalue weighted by Crippen LogP contribution is -2.16. The second-order valence-corrected chi connectivity index (χ2v) is 7.48. The molecule has 0 aliphatic rings. The van der Waals surface area contributed by atoms with Gasteiger partial charge in [0, 0.05) is 17.0 Å². The van der Waals surface area contributed by atoms with Gasteiger partial charge < -0.3 is 4.57 Å². The van der Waals surface area contributed by atoms with Gasteiger partial charge >= 0.3 is 0 Å². The van der Waals surface area contributed by atoms with E-state index in [0.29, 0.717) is 16.9 Å². The van der Waals surface area contributed by atoms with Crippen LogP contribution in [0, 0.1) is 0 Å². The quantitative estimate of drug-likeness (QED) is 0.473. The smallest absolute Gasteiger partial charge is 0.279 e. The summed E-state index contributed by atoms with van der Waals surface area (Å²) in [5.41, 5.74) is 2.99. The summed E-state index contributed by atoms with van der Waals surface area (Å²) in [6.07, 6.45) is 4.82. The number of benzene rings is 2.